The van der Waals surface area contributed by atoms with Gasteiger partial charge in [0.2, 0.25) is 0 Å². The minimum absolute atomic E-state index is 0.793. The number of benzene rings is 1. The molecule has 1 aromatic carbocycles. The molecule has 2 heterocycles. The molecule has 0 saturated heterocycles. The Morgan fingerprint density at radius 1 is 1.19 bits per heavy atom. The van der Waals surface area contributed by atoms with Crippen molar-refractivity contribution < 1.29 is 0 Å². The Morgan fingerprint density at radius 2 is 1.86 bits per heavy atom. The molecule has 2 aromatic heterocycles. The van der Waals surface area contributed by atoms with Crippen LogP contribution in [0.15, 0.2) is 37.0 Å². The van der Waals surface area contributed by atoms with Crippen LogP contribution in [0.4, 0.5) is 0 Å². The smallest absolute Gasteiger partial charge is 0.157 e. The van der Waals surface area contributed by atoms with Gasteiger partial charge in [-0.3, -0.25) is 5.10 Å². The van der Waals surface area contributed by atoms with Crippen LogP contribution in [0, 0.1) is 5.92 Å². The number of hydrogen-bond donors (Lipinski definition) is 2. The van der Waals surface area contributed by atoms with Crippen molar-refractivity contribution in [1.82, 2.24) is 20.2 Å². The molecule has 2 N–H and O–H groups in total. The molecule has 0 spiro atoms. The molecule has 0 amide bonds. The van der Waals surface area contributed by atoms with E-state index in [1.54, 1.807) is 6.20 Å². The number of nitrogens with zero attached hydrogens (tertiary/aromatic N) is 2. The first-order chi connectivity index (χ1) is 9.99. The summed E-state index contributed by atoms with van der Waals surface area (Å²) < 4.78 is 0. The van der Waals surface area contributed by atoms with E-state index < -0.39 is 0 Å². The van der Waals surface area contributed by atoms with E-state index in [9.17, 15) is 0 Å². The molecule has 4 heteroatoms. The summed E-state index contributed by atoms with van der Waals surface area (Å²) in [6.07, 6.45) is 1.77. The highest BCUT2D eigenvalue weighted by Crippen LogP contribution is 2.25. The molecule has 110 valence electrons. The first kappa shape index (κ1) is 15.0. The van der Waals surface area contributed by atoms with Gasteiger partial charge < -0.3 is 4.98 Å². The highest BCUT2D eigenvalue weighted by atomic mass is 15.1. The number of allylic oxidation sites excluding steroid dienone is 1. The minimum atomic E-state index is 0.793. The van der Waals surface area contributed by atoms with Crippen LogP contribution in [0.5, 0.6) is 0 Å². The molecule has 0 radical (unpaired) electrons. The van der Waals surface area contributed by atoms with Crippen molar-refractivity contribution in [3.63, 3.8) is 0 Å². The van der Waals surface area contributed by atoms with E-state index in [4.69, 9.17) is 0 Å². The summed E-state index contributed by atoms with van der Waals surface area (Å²) in [6, 6.07) is 7.94. The molecule has 0 aliphatic heterocycles. The predicted molar refractivity (Wildman–Crippen MR) is 88.9 cm³/mol. The standard InChI is InChI=1S/C13H12N4.C4H10/c1-8(2)9-7-14-17-12(9)13-15-10-5-3-4-6-11(10)16-13;1-4(2)3/h3-7H,1H2,2H3,(H,14,17)(H,15,16);4H,1-3H3. The van der Waals surface area contributed by atoms with Gasteiger partial charge in [0.15, 0.2) is 5.82 Å². The second kappa shape index (κ2) is 6.39. The lowest BCUT2D eigenvalue weighted by molar-refractivity contribution is 0.737. The van der Waals surface area contributed by atoms with E-state index in [-0.39, 0.29) is 0 Å². The first-order valence-electron chi connectivity index (χ1n) is 7.13. The second-order valence-electron chi connectivity index (χ2n) is 5.77. The number of aromatic nitrogens is 4. The Hall–Kier alpha value is -2.36. The van der Waals surface area contributed by atoms with Gasteiger partial charge in [0.05, 0.1) is 17.2 Å². The number of H-pyrrole nitrogens is 2. The number of imidazole rings is 1. The van der Waals surface area contributed by atoms with Gasteiger partial charge in [-0.1, -0.05) is 39.5 Å². The highest BCUT2D eigenvalue weighted by molar-refractivity contribution is 5.81. The number of rotatable bonds is 2. The van der Waals surface area contributed by atoms with Gasteiger partial charge in [-0.15, -0.1) is 0 Å². The van der Waals surface area contributed by atoms with Crippen LogP contribution in [-0.2, 0) is 0 Å². The summed E-state index contributed by atoms with van der Waals surface area (Å²) in [6.45, 7) is 12.4. The quantitative estimate of drug-likeness (QED) is 0.719. The molecule has 0 bridgehead atoms. The van der Waals surface area contributed by atoms with Gasteiger partial charge in [-0.2, -0.15) is 5.10 Å². The Kier molecular flexibility index (Phi) is 4.58. The molecule has 0 atom stereocenters. The SMILES string of the molecule is C=C(C)c1cn[nH]c1-c1nc2ccccc2[nH]1.CC(C)C. The summed E-state index contributed by atoms with van der Waals surface area (Å²) in [4.78, 5) is 7.80. The van der Waals surface area contributed by atoms with Crippen LogP contribution in [0.3, 0.4) is 0 Å². The van der Waals surface area contributed by atoms with Gasteiger partial charge in [-0.05, 0) is 30.5 Å². The molecule has 0 unspecified atom stereocenters. The first-order valence-corrected chi connectivity index (χ1v) is 7.13. The van der Waals surface area contributed by atoms with E-state index >= 15 is 0 Å². The molecule has 0 saturated carbocycles. The zero-order valence-corrected chi connectivity index (χ0v) is 13.1. The zero-order chi connectivity index (χ0) is 15.4. The number of para-hydroxylation sites is 2. The number of aromatic amines is 2. The second-order valence-corrected chi connectivity index (χ2v) is 5.77. The lowest BCUT2D eigenvalue weighted by Gasteiger charge is -1.97. The predicted octanol–water partition coefficient (Wildman–Crippen LogP) is 4.65. The number of fused-ring (bicyclic) bond motifs is 1. The van der Waals surface area contributed by atoms with E-state index in [1.165, 1.54) is 0 Å². The average Bonchev–Trinajstić information content (AvgIpc) is 3.04. The Labute approximate surface area is 125 Å². The molecule has 3 rings (SSSR count). The van der Waals surface area contributed by atoms with Gasteiger partial charge in [0.1, 0.15) is 5.69 Å². The van der Waals surface area contributed by atoms with Gasteiger partial charge in [0.25, 0.3) is 0 Å². The van der Waals surface area contributed by atoms with Gasteiger partial charge in [0, 0.05) is 5.56 Å². The molecule has 21 heavy (non-hydrogen) atoms. The monoisotopic (exact) mass is 282 g/mol. The third-order valence-electron chi connectivity index (χ3n) is 2.73. The lowest BCUT2D eigenvalue weighted by atomic mass is 10.1. The zero-order valence-electron chi connectivity index (χ0n) is 13.1. The maximum absolute atomic E-state index is 4.53. The van der Waals surface area contributed by atoms with Gasteiger partial charge >= 0.3 is 0 Å². The van der Waals surface area contributed by atoms with Crippen molar-refractivity contribution in [2.24, 2.45) is 5.92 Å². The summed E-state index contributed by atoms with van der Waals surface area (Å²) in [5.41, 5.74) is 4.81. The van der Waals surface area contributed by atoms with Crippen LogP contribution in [0.1, 0.15) is 33.3 Å². The fourth-order valence-corrected chi connectivity index (χ4v) is 1.86. The third-order valence-corrected chi connectivity index (χ3v) is 2.73. The summed E-state index contributed by atoms with van der Waals surface area (Å²) >= 11 is 0. The maximum Gasteiger partial charge on any atom is 0.157 e. The Bertz CT molecular complexity index is 698. The summed E-state index contributed by atoms with van der Waals surface area (Å²) in [5.74, 6) is 1.63. The van der Waals surface area contributed by atoms with Crippen molar-refractivity contribution in [2.75, 3.05) is 0 Å². The molecule has 0 fully saturated rings. The fraction of sp³-hybridized carbons (Fsp3) is 0.294. The van der Waals surface area contributed by atoms with E-state index in [1.807, 2.05) is 31.2 Å². The van der Waals surface area contributed by atoms with E-state index in [2.05, 4.69) is 47.5 Å². The summed E-state index contributed by atoms with van der Waals surface area (Å²) in [7, 11) is 0. The van der Waals surface area contributed by atoms with Crippen molar-refractivity contribution in [2.45, 2.75) is 27.7 Å². The van der Waals surface area contributed by atoms with Crippen molar-refractivity contribution in [1.29, 1.82) is 0 Å². The van der Waals surface area contributed by atoms with Crippen molar-refractivity contribution in [3.8, 4) is 11.5 Å². The van der Waals surface area contributed by atoms with Gasteiger partial charge in [-0.25, -0.2) is 4.98 Å². The normalized spacial score (nSPS) is 10.5. The Morgan fingerprint density at radius 3 is 2.48 bits per heavy atom. The molecule has 3 aromatic rings. The maximum atomic E-state index is 4.53. The number of nitrogens with one attached hydrogen (secondary N) is 2. The Balaban J connectivity index is 0.000000361. The van der Waals surface area contributed by atoms with Crippen LogP contribution >= 0.6 is 0 Å². The minimum Gasteiger partial charge on any atom is -0.337 e. The fourth-order valence-electron chi connectivity index (χ4n) is 1.86. The summed E-state index contributed by atoms with van der Waals surface area (Å²) in [5, 5.41) is 7.00. The van der Waals surface area contributed by atoms with Crippen LogP contribution < -0.4 is 0 Å². The lowest BCUT2D eigenvalue weighted by Crippen LogP contribution is -1.85. The average molecular weight is 282 g/mol. The molecule has 0 aliphatic carbocycles. The third kappa shape index (κ3) is 3.60. The molecular formula is C17H22N4. The van der Waals surface area contributed by atoms with E-state index in [0.717, 1.165) is 39.6 Å². The highest BCUT2D eigenvalue weighted by Gasteiger charge is 2.11. The molecule has 0 aliphatic rings. The van der Waals surface area contributed by atoms with Crippen LogP contribution in [-0.4, -0.2) is 20.2 Å². The van der Waals surface area contributed by atoms with Crippen molar-refractivity contribution in [3.05, 3.63) is 42.6 Å². The number of hydrogen-bond acceptors (Lipinski definition) is 2. The van der Waals surface area contributed by atoms with Crippen molar-refractivity contribution >= 4 is 16.6 Å². The molecular weight excluding hydrogens is 260 g/mol. The topological polar surface area (TPSA) is 57.4 Å². The largest absolute Gasteiger partial charge is 0.337 e. The van der Waals surface area contributed by atoms with Crippen LogP contribution in [0.2, 0.25) is 0 Å². The molecule has 4 nitrogen and oxygen atoms in total. The van der Waals surface area contributed by atoms with Crippen LogP contribution in [0.25, 0.3) is 28.1 Å². The van der Waals surface area contributed by atoms with E-state index in [0.29, 0.717) is 0 Å².